The highest BCUT2D eigenvalue weighted by molar-refractivity contribution is 6.09. The van der Waals surface area contributed by atoms with Gasteiger partial charge in [0.05, 0.1) is 24.5 Å². The zero-order valence-electron chi connectivity index (χ0n) is 17.3. The number of methoxy groups -OCH3 is 1. The molecule has 0 spiro atoms. The van der Waals surface area contributed by atoms with E-state index in [1.165, 1.54) is 11.7 Å². The van der Waals surface area contributed by atoms with Gasteiger partial charge < -0.3 is 14.6 Å². The minimum absolute atomic E-state index is 0.273. The number of ether oxygens (including phenoxy) is 1. The van der Waals surface area contributed by atoms with Crippen LogP contribution >= 0.6 is 0 Å². The van der Waals surface area contributed by atoms with Gasteiger partial charge in [0, 0.05) is 17.3 Å². The van der Waals surface area contributed by atoms with E-state index in [4.69, 9.17) is 9.26 Å². The monoisotopic (exact) mass is 426 g/mol. The minimum Gasteiger partial charge on any atom is -0.479 e. The van der Waals surface area contributed by atoms with Crippen LogP contribution in [0.3, 0.4) is 0 Å². The van der Waals surface area contributed by atoms with Crippen LogP contribution in [0.25, 0.3) is 28.0 Å². The molecule has 0 radical (unpaired) electrons. The number of nitrogens with one attached hydrogen (secondary N) is 1. The molecule has 1 aromatic carbocycles. The molecular weight excluding hydrogens is 408 g/mol. The Balaban J connectivity index is 1.48. The van der Waals surface area contributed by atoms with Gasteiger partial charge in [-0.25, -0.2) is 4.98 Å². The SMILES string of the molecule is COc1nc(-c2cnn3ncccc23)ccc1NC(=O)c1c(-c2ccccc2)noc1C. The molecule has 4 aromatic heterocycles. The molecule has 5 aromatic rings. The number of benzene rings is 1. The molecule has 1 amide bonds. The van der Waals surface area contributed by atoms with Gasteiger partial charge in [0.15, 0.2) is 0 Å². The van der Waals surface area contributed by atoms with Crippen molar-refractivity contribution < 1.29 is 14.1 Å². The summed E-state index contributed by atoms with van der Waals surface area (Å²) < 4.78 is 12.3. The Morgan fingerprint density at radius 1 is 1.06 bits per heavy atom. The molecule has 32 heavy (non-hydrogen) atoms. The van der Waals surface area contributed by atoms with Crippen molar-refractivity contribution >= 4 is 17.1 Å². The number of hydrogen-bond donors (Lipinski definition) is 1. The zero-order chi connectivity index (χ0) is 22.1. The number of anilines is 1. The molecule has 0 saturated carbocycles. The molecule has 0 unspecified atom stereocenters. The summed E-state index contributed by atoms with van der Waals surface area (Å²) in [7, 11) is 1.50. The fourth-order valence-corrected chi connectivity index (χ4v) is 3.49. The lowest BCUT2D eigenvalue weighted by Gasteiger charge is -2.11. The molecule has 9 heteroatoms. The summed E-state index contributed by atoms with van der Waals surface area (Å²) >= 11 is 0. The Morgan fingerprint density at radius 2 is 1.91 bits per heavy atom. The molecule has 5 rings (SSSR count). The van der Waals surface area contributed by atoms with Crippen molar-refractivity contribution in [2.45, 2.75) is 6.92 Å². The number of carbonyl (C=O) groups excluding carboxylic acids is 1. The molecule has 4 heterocycles. The highest BCUT2D eigenvalue weighted by Gasteiger charge is 2.23. The molecule has 0 aliphatic heterocycles. The predicted octanol–water partition coefficient (Wildman–Crippen LogP) is 4.02. The van der Waals surface area contributed by atoms with E-state index in [2.05, 4.69) is 25.7 Å². The summed E-state index contributed by atoms with van der Waals surface area (Å²) in [6, 6.07) is 16.7. The summed E-state index contributed by atoms with van der Waals surface area (Å²) in [5, 5.41) is 15.3. The van der Waals surface area contributed by atoms with Gasteiger partial charge in [-0.1, -0.05) is 35.5 Å². The molecule has 0 saturated heterocycles. The van der Waals surface area contributed by atoms with Crippen molar-refractivity contribution in [2.24, 2.45) is 0 Å². The van der Waals surface area contributed by atoms with E-state index >= 15 is 0 Å². The van der Waals surface area contributed by atoms with Gasteiger partial charge in [-0.05, 0) is 31.2 Å². The standard InChI is InChI=1S/C23H18N6O3/c1-14-20(21(28-32-14)15-7-4-3-5-8-15)22(30)26-18-11-10-17(27-23(18)31-2)16-13-25-29-19(16)9-6-12-24-29/h3-13H,1-2H3,(H,26,30). The van der Waals surface area contributed by atoms with Crippen molar-refractivity contribution in [3.05, 3.63) is 78.3 Å². The second kappa shape index (κ2) is 7.95. The van der Waals surface area contributed by atoms with Gasteiger partial charge in [-0.2, -0.15) is 14.8 Å². The Bertz CT molecular complexity index is 1420. The maximum absolute atomic E-state index is 13.1. The number of rotatable bonds is 5. The van der Waals surface area contributed by atoms with Crippen LogP contribution in [0, 0.1) is 6.92 Å². The Kier molecular flexibility index (Phi) is 4.83. The third-order valence-corrected chi connectivity index (χ3v) is 5.02. The average molecular weight is 426 g/mol. The van der Waals surface area contributed by atoms with Crippen LogP contribution in [0.5, 0.6) is 5.88 Å². The van der Waals surface area contributed by atoms with Crippen molar-refractivity contribution in [3.8, 4) is 28.4 Å². The lowest BCUT2D eigenvalue weighted by molar-refractivity contribution is 0.102. The third-order valence-electron chi connectivity index (χ3n) is 5.02. The first-order chi connectivity index (χ1) is 15.7. The highest BCUT2D eigenvalue weighted by Crippen LogP contribution is 2.31. The molecule has 1 N–H and O–H groups in total. The lowest BCUT2D eigenvalue weighted by atomic mass is 10.1. The number of pyridine rings is 1. The van der Waals surface area contributed by atoms with Crippen LogP contribution < -0.4 is 10.1 Å². The highest BCUT2D eigenvalue weighted by atomic mass is 16.5. The van der Waals surface area contributed by atoms with E-state index in [-0.39, 0.29) is 11.8 Å². The number of fused-ring (bicyclic) bond motifs is 1. The molecule has 0 aliphatic rings. The number of hydrogen-bond acceptors (Lipinski definition) is 7. The summed E-state index contributed by atoms with van der Waals surface area (Å²) in [4.78, 5) is 17.7. The second-order valence-electron chi connectivity index (χ2n) is 6.99. The van der Waals surface area contributed by atoms with Gasteiger partial charge in [0.1, 0.15) is 22.7 Å². The van der Waals surface area contributed by atoms with Crippen LogP contribution in [0.1, 0.15) is 16.1 Å². The van der Waals surface area contributed by atoms with E-state index in [0.29, 0.717) is 28.4 Å². The van der Waals surface area contributed by atoms with E-state index in [0.717, 1.165) is 16.6 Å². The molecule has 0 atom stereocenters. The Morgan fingerprint density at radius 3 is 2.72 bits per heavy atom. The van der Waals surface area contributed by atoms with Gasteiger partial charge in [0.25, 0.3) is 5.91 Å². The smallest absolute Gasteiger partial charge is 0.261 e. The van der Waals surface area contributed by atoms with Crippen LogP contribution in [-0.4, -0.2) is 38.0 Å². The maximum Gasteiger partial charge on any atom is 0.261 e. The number of aryl methyl sites for hydroxylation is 1. The molecular formula is C23H18N6O3. The lowest BCUT2D eigenvalue weighted by Crippen LogP contribution is -2.14. The van der Waals surface area contributed by atoms with E-state index in [9.17, 15) is 4.79 Å². The summed E-state index contributed by atoms with van der Waals surface area (Å²) in [5.41, 5.74) is 4.31. The van der Waals surface area contributed by atoms with Crippen LogP contribution in [-0.2, 0) is 0 Å². The normalized spacial score (nSPS) is 10.9. The molecule has 0 aliphatic carbocycles. The summed E-state index contributed by atoms with van der Waals surface area (Å²) in [6.45, 7) is 1.70. The average Bonchev–Trinajstić information content (AvgIpc) is 3.43. The van der Waals surface area contributed by atoms with Crippen molar-refractivity contribution in [2.75, 3.05) is 12.4 Å². The van der Waals surface area contributed by atoms with Gasteiger partial charge >= 0.3 is 0 Å². The summed E-state index contributed by atoms with van der Waals surface area (Å²) in [6.07, 6.45) is 3.35. The van der Waals surface area contributed by atoms with Gasteiger partial charge in [-0.3, -0.25) is 4.79 Å². The first kappa shape index (κ1) is 19.4. The van der Waals surface area contributed by atoms with Gasteiger partial charge in [-0.15, -0.1) is 0 Å². The van der Waals surface area contributed by atoms with Crippen LogP contribution in [0.15, 0.2) is 71.5 Å². The Hall–Kier alpha value is -4.53. The fraction of sp³-hybridized carbons (Fsp3) is 0.0870. The first-order valence-electron chi connectivity index (χ1n) is 9.83. The van der Waals surface area contributed by atoms with Crippen molar-refractivity contribution in [1.82, 2.24) is 25.0 Å². The second-order valence-corrected chi connectivity index (χ2v) is 6.99. The number of aromatic nitrogens is 5. The number of nitrogens with zero attached hydrogens (tertiary/aromatic N) is 5. The molecule has 9 nitrogen and oxygen atoms in total. The molecule has 158 valence electrons. The van der Waals surface area contributed by atoms with Gasteiger partial charge in [0.2, 0.25) is 5.88 Å². The third kappa shape index (κ3) is 3.35. The Labute approximate surface area is 182 Å². The van der Waals surface area contributed by atoms with E-state index in [1.54, 1.807) is 31.5 Å². The zero-order valence-corrected chi connectivity index (χ0v) is 17.3. The van der Waals surface area contributed by atoms with Crippen LogP contribution in [0.2, 0.25) is 0 Å². The first-order valence-corrected chi connectivity index (χ1v) is 9.83. The number of amides is 1. The van der Waals surface area contributed by atoms with Crippen molar-refractivity contribution in [3.63, 3.8) is 0 Å². The van der Waals surface area contributed by atoms with Crippen molar-refractivity contribution in [1.29, 1.82) is 0 Å². The van der Waals surface area contributed by atoms with E-state index < -0.39 is 0 Å². The summed E-state index contributed by atoms with van der Waals surface area (Å²) in [5.74, 6) is 0.328. The van der Waals surface area contributed by atoms with Crippen LogP contribution in [0.4, 0.5) is 5.69 Å². The largest absolute Gasteiger partial charge is 0.479 e. The maximum atomic E-state index is 13.1. The molecule has 0 bridgehead atoms. The molecule has 0 fully saturated rings. The van der Waals surface area contributed by atoms with E-state index in [1.807, 2.05) is 42.5 Å². The quantitative estimate of drug-likeness (QED) is 0.452. The fourth-order valence-electron chi connectivity index (χ4n) is 3.49. The minimum atomic E-state index is -0.365. The predicted molar refractivity (Wildman–Crippen MR) is 117 cm³/mol. The topological polar surface area (TPSA) is 107 Å². The number of carbonyl (C=O) groups is 1.